The number of aromatic nitrogens is 6. The minimum absolute atomic E-state index is 0.148. The van der Waals surface area contributed by atoms with Crippen LogP contribution in [-0.4, -0.2) is 41.6 Å². The quantitative estimate of drug-likeness (QED) is 0.358. The van der Waals surface area contributed by atoms with E-state index < -0.39 is 0 Å². The number of amides is 1. The molecular formula is C22H16ClN7OS. The summed E-state index contributed by atoms with van der Waals surface area (Å²) in [5.74, 6) is 0.676. The third-order valence-electron chi connectivity index (χ3n) is 4.71. The van der Waals surface area contributed by atoms with Gasteiger partial charge >= 0.3 is 0 Å². The maximum atomic E-state index is 12.6. The zero-order valence-corrected chi connectivity index (χ0v) is 18.1. The van der Waals surface area contributed by atoms with Crippen molar-refractivity contribution in [3.8, 4) is 17.1 Å². The summed E-state index contributed by atoms with van der Waals surface area (Å²) in [5, 5.41) is 20.7. The highest BCUT2D eigenvalue weighted by Gasteiger charge is 2.17. The highest BCUT2D eigenvalue weighted by molar-refractivity contribution is 7.99. The van der Waals surface area contributed by atoms with Gasteiger partial charge in [-0.05, 0) is 54.6 Å². The predicted molar refractivity (Wildman–Crippen MR) is 125 cm³/mol. The van der Waals surface area contributed by atoms with Gasteiger partial charge in [-0.3, -0.25) is 19.4 Å². The summed E-state index contributed by atoms with van der Waals surface area (Å²) in [6.07, 6.45) is 5.14. The maximum absolute atomic E-state index is 12.6. The van der Waals surface area contributed by atoms with Gasteiger partial charge in [0.1, 0.15) is 0 Å². The first kappa shape index (κ1) is 20.2. The molecule has 0 radical (unpaired) electrons. The topological polar surface area (TPSA) is 101 Å². The summed E-state index contributed by atoms with van der Waals surface area (Å²) in [7, 11) is 0. The van der Waals surface area contributed by atoms with Crippen LogP contribution in [-0.2, 0) is 4.79 Å². The second-order valence-electron chi connectivity index (χ2n) is 6.86. The highest BCUT2D eigenvalue weighted by Crippen LogP contribution is 2.28. The van der Waals surface area contributed by atoms with Crippen molar-refractivity contribution in [3.05, 3.63) is 78.2 Å². The van der Waals surface area contributed by atoms with Crippen LogP contribution >= 0.6 is 23.4 Å². The Morgan fingerprint density at radius 1 is 1.06 bits per heavy atom. The van der Waals surface area contributed by atoms with Crippen LogP contribution < -0.4 is 5.32 Å². The molecule has 0 fully saturated rings. The average molecular weight is 462 g/mol. The minimum Gasteiger partial charge on any atom is -0.325 e. The third-order valence-corrected chi connectivity index (χ3v) is 5.90. The van der Waals surface area contributed by atoms with Crippen molar-refractivity contribution in [3.63, 3.8) is 0 Å². The molecule has 0 atom stereocenters. The predicted octanol–water partition coefficient (Wildman–Crippen LogP) is 4.59. The molecule has 3 aromatic heterocycles. The highest BCUT2D eigenvalue weighted by atomic mass is 35.5. The Morgan fingerprint density at radius 2 is 1.88 bits per heavy atom. The zero-order chi connectivity index (χ0) is 21.9. The molecule has 0 saturated heterocycles. The number of anilines is 1. The minimum atomic E-state index is -0.148. The lowest BCUT2D eigenvalue weighted by atomic mass is 10.2. The van der Waals surface area contributed by atoms with E-state index in [9.17, 15) is 4.79 Å². The van der Waals surface area contributed by atoms with Crippen LogP contribution in [0.15, 0.2) is 78.3 Å². The van der Waals surface area contributed by atoms with Crippen LogP contribution in [0.1, 0.15) is 0 Å². The van der Waals surface area contributed by atoms with Gasteiger partial charge in [0, 0.05) is 39.7 Å². The molecule has 0 bridgehead atoms. The van der Waals surface area contributed by atoms with Crippen LogP contribution in [0.25, 0.3) is 28.0 Å². The van der Waals surface area contributed by atoms with E-state index in [1.807, 2.05) is 47.0 Å². The van der Waals surface area contributed by atoms with Crippen LogP contribution in [0.2, 0.25) is 5.02 Å². The summed E-state index contributed by atoms with van der Waals surface area (Å²) < 4.78 is 1.90. The fourth-order valence-electron chi connectivity index (χ4n) is 3.22. The number of rotatable bonds is 6. The van der Waals surface area contributed by atoms with Crippen LogP contribution in [0.3, 0.4) is 0 Å². The Balaban J connectivity index is 1.38. The van der Waals surface area contributed by atoms with E-state index in [0.717, 1.165) is 22.2 Å². The Kier molecular flexibility index (Phi) is 5.57. The van der Waals surface area contributed by atoms with Gasteiger partial charge in [0.25, 0.3) is 0 Å². The number of carbonyl (C=O) groups is 1. The number of pyridine rings is 1. The van der Waals surface area contributed by atoms with Crippen molar-refractivity contribution in [1.82, 2.24) is 29.9 Å². The number of benzene rings is 2. The van der Waals surface area contributed by atoms with Gasteiger partial charge in [-0.1, -0.05) is 23.4 Å². The number of hydrogen-bond acceptors (Lipinski definition) is 6. The van der Waals surface area contributed by atoms with E-state index in [1.165, 1.54) is 11.8 Å². The lowest BCUT2D eigenvalue weighted by Gasteiger charge is -2.10. The summed E-state index contributed by atoms with van der Waals surface area (Å²) in [5.41, 5.74) is 3.27. The molecule has 3 heterocycles. The summed E-state index contributed by atoms with van der Waals surface area (Å²) in [6.45, 7) is 0. The smallest absolute Gasteiger partial charge is 0.234 e. The van der Waals surface area contributed by atoms with Gasteiger partial charge in [-0.15, -0.1) is 10.2 Å². The number of fused-ring (bicyclic) bond motifs is 1. The molecule has 158 valence electrons. The third kappa shape index (κ3) is 4.20. The number of nitrogens with one attached hydrogen (secondary N) is 2. The van der Waals surface area contributed by atoms with Crippen LogP contribution in [0.4, 0.5) is 5.69 Å². The summed E-state index contributed by atoms with van der Waals surface area (Å²) in [4.78, 5) is 16.7. The summed E-state index contributed by atoms with van der Waals surface area (Å²) >= 11 is 7.37. The van der Waals surface area contributed by atoms with E-state index in [2.05, 4.69) is 30.7 Å². The average Bonchev–Trinajstić information content (AvgIpc) is 3.45. The largest absolute Gasteiger partial charge is 0.325 e. The first-order valence-electron chi connectivity index (χ1n) is 9.65. The molecule has 1 amide bonds. The van der Waals surface area contributed by atoms with Gasteiger partial charge in [-0.25, -0.2) is 0 Å². The Hall–Kier alpha value is -3.69. The zero-order valence-electron chi connectivity index (χ0n) is 16.6. The Labute approximate surface area is 192 Å². The van der Waals surface area contributed by atoms with E-state index in [1.54, 1.807) is 30.7 Å². The number of halogens is 1. The normalized spacial score (nSPS) is 11.0. The molecule has 0 saturated carbocycles. The van der Waals surface area contributed by atoms with Gasteiger partial charge < -0.3 is 5.32 Å². The molecule has 5 rings (SSSR count). The van der Waals surface area contributed by atoms with Gasteiger partial charge in [0.15, 0.2) is 11.0 Å². The van der Waals surface area contributed by atoms with E-state index in [0.29, 0.717) is 21.7 Å². The fourth-order valence-corrected chi connectivity index (χ4v) is 4.09. The van der Waals surface area contributed by atoms with Gasteiger partial charge in [-0.2, -0.15) is 5.10 Å². The molecule has 8 nitrogen and oxygen atoms in total. The molecule has 0 unspecified atom stereocenters. The summed E-state index contributed by atoms with van der Waals surface area (Å²) in [6, 6.07) is 16.7. The van der Waals surface area contributed by atoms with Crippen LogP contribution in [0, 0.1) is 0 Å². The molecule has 2 N–H and O–H groups in total. The van der Waals surface area contributed by atoms with Gasteiger partial charge in [0.2, 0.25) is 5.91 Å². The Bertz CT molecular complexity index is 1380. The van der Waals surface area contributed by atoms with Crippen molar-refractivity contribution < 1.29 is 4.79 Å². The van der Waals surface area contributed by atoms with Crippen molar-refractivity contribution >= 4 is 45.9 Å². The fraction of sp³-hybridized carbons (Fsp3) is 0.0455. The van der Waals surface area contributed by atoms with E-state index in [4.69, 9.17) is 11.6 Å². The molecule has 0 aliphatic heterocycles. The van der Waals surface area contributed by atoms with Crippen molar-refractivity contribution in [2.45, 2.75) is 5.16 Å². The molecule has 5 aromatic rings. The monoisotopic (exact) mass is 461 g/mol. The Morgan fingerprint density at radius 3 is 2.69 bits per heavy atom. The molecule has 32 heavy (non-hydrogen) atoms. The van der Waals surface area contributed by atoms with Crippen molar-refractivity contribution in [1.29, 1.82) is 0 Å². The maximum Gasteiger partial charge on any atom is 0.234 e. The molecular weight excluding hydrogens is 446 g/mol. The molecule has 0 spiro atoms. The second kappa shape index (κ2) is 8.81. The first-order valence-corrected chi connectivity index (χ1v) is 11.0. The standard InChI is InChI=1S/C22H16ClN7OS/c23-16-2-5-18(6-3-16)30-21(14-7-9-24-10-8-14)28-29-22(30)32-13-20(31)26-17-4-1-15-12-25-27-19(15)11-17/h1-12H,13H2,(H,25,27)(H,26,31). The number of hydrogen-bond donors (Lipinski definition) is 2. The lowest BCUT2D eigenvalue weighted by Crippen LogP contribution is -2.14. The lowest BCUT2D eigenvalue weighted by molar-refractivity contribution is -0.113. The number of carbonyl (C=O) groups excluding carboxylic acids is 1. The SMILES string of the molecule is O=C(CSc1nnc(-c2ccncc2)n1-c1ccc(Cl)cc1)Nc1ccc2cn[nH]c2c1. The molecule has 0 aliphatic carbocycles. The van der Waals surface area contributed by atoms with Crippen molar-refractivity contribution in [2.75, 3.05) is 11.1 Å². The van der Waals surface area contributed by atoms with Gasteiger partial charge in [0.05, 0.1) is 17.5 Å². The molecule has 0 aliphatic rings. The number of thioether (sulfide) groups is 1. The number of aromatic amines is 1. The number of H-pyrrole nitrogens is 1. The van der Waals surface area contributed by atoms with E-state index >= 15 is 0 Å². The first-order chi connectivity index (χ1) is 15.7. The number of nitrogens with zero attached hydrogens (tertiary/aromatic N) is 5. The molecule has 10 heteroatoms. The second-order valence-corrected chi connectivity index (χ2v) is 8.24. The molecule has 2 aromatic carbocycles. The van der Waals surface area contributed by atoms with E-state index in [-0.39, 0.29) is 11.7 Å². The van der Waals surface area contributed by atoms with Crippen molar-refractivity contribution in [2.24, 2.45) is 0 Å². The van der Waals surface area contributed by atoms with Crippen LogP contribution in [0.5, 0.6) is 0 Å².